The molecule has 1 aliphatic rings. The Labute approximate surface area is 203 Å². The number of fused-ring (bicyclic) bond motifs is 1. The Bertz CT molecular complexity index is 1420. The number of rotatable bonds is 7. The maximum absolute atomic E-state index is 13.3. The highest BCUT2D eigenvalue weighted by Gasteiger charge is 2.46. The second kappa shape index (κ2) is 8.80. The second-order valence-electron chi connectivity index (χ2n) is 8.58. The van der Waals surface area contributed by atoms with E-state index in [1.165, 1.54) is 16.7 Å². The summed E-state index contributed by atoms with van der Waals surface area (Å²) in [5, 5.41) is 10.2. The molecule has 182 valence electrons. The largest absolute Gasteiger partial charge is 0.310 e. The maximum Gasteiger partial charge on any atom is 0.291 e. The molecule has 0 aromatic carbocycles. The van der Waals surface area contributed by atoms with Crippen LogP contribution in [0.25, 0.3) is 16.2 Å². The van der Waals surface area contributed by atoms with Crippen LogP contribution >= 0.6 is 22.9 Å². The van der Waals surface area contributed by atoms with Gasteiger partial charge in [-0.1, -0.05) is 34.8 Å². The van der Waals surface area contributed by atoms with Gasteiger partial charge in [-0.15, -0.1) is 10.2 Å². The van der Waals surface area contributed by atoms with Crippen molar-refractivity contribution in [2.24, 2.45) is 0 Å². The fourth-order valence-corrected chi connectivity index (χ4v) is 5.69. The Balaban J connectivity index is 1.91. The molecule has 0 amide bonds. The molecule has 0 aliphatic heterocycles. The highest BCUT2D eigenvalue weighted by atomic mass is 35.5. The molecule has 3 heterocycles. The molecule has 7 nitrogen and oxygen atoms in total. The number of aromatic nitrogens is 3. The lowest BCUT2D eigenvalue weighted by Gasteiger charge is -2.15. The van der Waals surface area contributed by atoms with Crippen molar-refractivity contribution < 1.29 is 21.6 Å². The molecule has 0 bridgehead atoms. The first-order valence-corrected chi connectivity index (χ1v) is 12.9. The predicted molar refractivity (Wildman–Crippen MR) is 125 cm³/mol. The summed E-state index contributed by atoms with van der Waals surface area (Å²) in [6.45, 7) is 2.92. The quantitative estimate of drug-likeness (QED) is 0.447. The van der Waals surface area contributed by atoms with E-state index in [0.29, 0.717) is 41.0 Å². The number of nitrogens with one attached hydrogen (secondary N) is 2. The summed E-state index contributed by atoms with van der Waals surface area (Å²) in [6, 6.07) is 2.86. The average molecular weight is 532 g/mol. The Hall–Kier alpha value is -2.17. The number of sulfonamides is 1. The highest BCUT2D eigenvalue weighted by Crippen LogP contribution is 2.39. The molecular formula is C21H21ClF3N5O2S2. The smallest absolute Gasteiger partial charge is 0.291 e. The number of alkyl halides is 3. The lowest BCUT2D eigenvalue weighted by atomic mass is 10.1. The number of hydrogen-bond acceptors (Lipinski definition) is 6. The van der Waals surface area contributed by atoms with Crippen LogP contribution < -0.4 is 10.0 Å². The zero-order chi connectivity index (χ0) is 24.9. The summed E-state index contributed by atoms with van der Waals surface area (Å²) in [7, 11) is -2.36. The molecule has 0 spiro atoms. The van der Waals surface area contributed by atoms with E-state index in [1.54, 1.807) is 13.1 Å². The zero-order valence-corrected chi connectivity index (χ0v) is 20.8. The molecule has 1 aliphatic carbocycles. The van der Waals surface area contributed by atoms with Crippen LogP contribution in [-0.4, -0.2) is 47.8 Å². The third-order valence-corrected chi connectivity index (χ3v) is 8.33. The van der Waals surface area contributed by atoms with E-state index >= 15 is 0 Å². The molecule has 0 atom stereocenters. The van der Waals surface area contributed by atoms with Crippen molar-refractivity contribution in [2.75, 3.05) is 13.7 Å². The van der Waals surface area contributed by atoms with Gasteiger partial charge in [-0.25, -0.2) is 26.3 Å². The van der Waals surface area contributed by atoms with E-state index in [2.05, 4.69) is 32.1 Å². The molecule has 1 fully saturated rings. The Morgan fingerprint density at radius 2 is 2.03 bits per heavy atom. The van der Waals surface area contributed by atoms with E-state index in [4.69, 9.17) is 11.6 Å². The molecule has 0 radical (unpaired) electrons. The van der Waals surface area contributed by atoms with E-state index in [9.17, 15) is 21.6 Å². The van der Waals surface area contributed by atoms with E-state index in [-0.39, 0.29) is 14.9 Å². The minimum atomic E-state index is -4.11. The van der Waals surface area contributed by atoms with Gasteiger partial charge in [0, 0.05) is 6.20 Å². The van der Waals surface area contributed by atoms with Gasteiger partial charge in [0.1, 0.15) is 11.6 Å². The molecule has 0 unspecified atom stereocenters. The van der Waals surface area contributed by atoms with Crippen LogP contribution in [0.1, 0.15) is 43.7 Å². The van der Waals surface area contributed by atoms with Crippen LogP contribution in [0, 0.1) is 11.8 Å². The van der Waals surface area contributed by atoms with Crippen molar-refractivity contribution in [3.05, 3.63) is 33.9 Å². The molecule has 13 heteroatoms. The van der Waals surface area contributed by atoms with Crippen LogP contribution in [0.4, 0.5) is 13.2 Å². The monoisotopic (exact) mass is 531 g/mol. The first-order valence-electron chi connectivity index (χ1n) is 10.2. The fraction of sp³-hybridized carbons (Fsp3) is 0.429. The molecule has 3 aromatic rings. The summed E-state index contributed by atoms with van der Waals surface area (Å²) >= 11 is 7.19. The van der Waals surface area contributed by atoms with Crippen molar-refractivity contribution in [3.63, 3.8) is 0 Å². The van der Waals surface area contributed by atoms with Crippen molar-refractivity contribution >= 4 is 38.5 Å². The number of hydrogen-bond donors (Lipinski definition) is 2. The Kier molecular flexibility index (Phi) is 6.46. The third kappa shape index (κ3) is 4.81. The molecular weight excluding hydrogens is 511 g/mol. The lowest BCUT2D eigenvalue weighted by molar-refractivity contribution is 0.150. The average Bonchev–Trinajstić information content (AvgIpc) is 3.20. The minimum Gasteiger partial charge on any atom is -0.310 e. The van der Waals surface area contributed by atoms with Crippen molar-refractivity contribution in [3.8, 4) is 22.5 Å². The van der Waals surface area contributed by atoms with Gasteiger partial charge in [0.05, 0.1) is 32.9 Å². The fourth-order valence-electron chi connectivity index (χ4n) is 3.14. The summed E-state index contributed by atoms with van der Waals surface area (Å²) < 4.78 is 69.4. The Morgan fingerprint density at radius 3 is 2.59 bits per heavy atom. The molecule has 1 saturated carbocycles. The van der Waals surface area contributed by atoms with Crippen LogP contribution in [0.15, 0.2) is 23.2 Å². The maximum atomic E-state index is 13.3. The van der Waals surface area contributed by atoms with Gasteiger partial charge in [-0.3, -0.25) is 0 Å². The van der Waals surface area contributed by atoms with Gasteiger partial charge in [-0.05, 0) is 45.9 Å². The first-order chi connectivity index (χ1) is 15.9. The number of nitrogens with zero attached hydrogens (tertiary/aromatic N) is 3. The predicted octanol–water partition coefficient (Wildman–Crippen LogP) is 4.18. The minimum absolute atomic E-state index is 0.0735. The molecule has 4 rings (SSSR count). The number of halogens is 4. The third-order valence-electron chi connectivity index (χ3n) is 5.54. The molecule has 34 heavy (non-hydrogen) atoms. The van der Waals surface area contributed by atoms with Gasteiger partial charge in [-0.2, -0.15) is 0 Å². The molecule has 0 saturated heterocycles. The summed E-state index contributed by atoms with van der Waals surface area (Å²) in [4.78, 5) is -0.199. The van der Waals surface area contributed by atoms with Crippen molar-refractivity contribution in [1.29, 1.82) is 0 Å². The van der Waals surface area contributed by atoms with E-state index in [1.807, 2.05) is 13.8 Å². The van der Waals surface area contributed by atoms with Crippen molar-refractivity contribution in [2.45, 2.75) is 49.1 Å². The second-order valence-corrected chi connectivity index (χ2v) is 11.7. The summed E-state index contributed by atoms with van der Waals surface area (Å²) in [6.07, 6.45) is -0.705. The number of pyridine rings is 1. The van der Waals surface area contributed by atoms with E-state index in [0.717, 1.165) is 0 Å². The van der Waals surface area contributed by atoms with Gasteiger partial charge < -0.3 is 9.72 Å². The van der Waals surface area contributed by atoms with Gasteiger partial charge >= 0.3 is 0 Å². The van der Waals surface area contributed by atoms with Crippen LogP contribution in [0.2, 0.25) is 5.02 Å². The van der Waals surface area contributed by atoms with Gasteiger partial charge in [0.2, 0.25) is 10.0 Å². The summed E-state index contributed by atoms with van der Waals surface area (Å²) in [5.41, 5.74) is -0.492. The SMILES string of the molecule is CNC(C)(C)C#Cc1cc(-c2nnc(C(F)F)s2)n2cc(S(=O)(=O)NC3(CF)CC3)cc(Cl)c12. The van der Waals surface area contributed by atoms with Crippen LogP contribution in [-0.2, 0) is 10.0 Å². The van der Waals surface area contributed by atoms with Gasteiger partial charge in [0.15, 0.2) is 10.0 Å². The van der Waals surface area contributed by atoms with Crippen LogP contribution in [0.5, 0.6) is 0 Å². The topological polar surface area (TPSA) is 88.4 Å². The van der Waals surface area contributed by atoms with Gasteiger partial charge in [0.25, 0.3) is 6.43 Å². The summed E-state index contributed by atoms with van der Waals surface area (Å²) in [5.74, 6) is 6.10. The molecule has 3 aromatic heterocycles. The molecule has 2 N–H and O–H groups in total. The first kappa shape index (κ1) is 24.9. The Morgan fingerprint density at radius 1 is 1.32 bits per heavy atom. The lowest BCUT2D eigenvalue weighted by Crippen LogP contribution is -2.38. The standard InChI is InChI=1S/C21H21ClF3N5O2S2/c1-20(2,26-3)5-4-12-8-15(18-27-28-19(33-18)17(24)25)30-10-13(9-14(22)16(12)30)34(31,32)29-21(11-23)6-7-21/h8-10,17,26,29H,6-7,11H2,1-3H3. The zero-order valence-electron chi connectivity index (χ0n) is 18.4. The van der Waals surface area contributed by atoms with E-state index < -0.39 is 39.2 Å². The highest BCUT2D eigenvalue weighted by molar-refractivity contribution is 7.89. The van der Waals surface area contributed by atoms with Crippen LogP contribution in [0.3, 0.4) is 0 Å². The van der Waals surface area contributed by atoms with Crippen molar-refractivity contribution in [1.82, 2.24) is 24.6 Å². The normalized spacial score (nSPS) is 15.5.